The lowest BCUT2D eigenvalue weighted by Crippen LogP contribution is -2.46. The molecule has 0 bridgehead atoms. The Labute approximate surface area is 86.4 Å². The molecule has 0 radical (unpaired) electrons. The maximum absolute atomic E-state index is 10.3. The number of nitrogens with zero attached hydrogens (tertiary/aromatic N) is 2. The lowest BCUT2D eigenvalue weighted by molar-refractivity contribution is -0.389. The zero-order chi connectivity index (χ0) is 10.7. The van der Waals surface area contributed by atoms with E-state index in [0.29, 0.717) is 18.4 Å². The summed E-state index contributed by atoms with van der Waals surface area (Å²) in [5.41, 5.74) is 0. The summed E-state index contributed by atoms with van der Waals surface area (Å²) in [6, 6.07) is 3.30. The number of hydrogen-bond donors (Lipinski definition) is 1. The van der Waals surface area contributed by atoms with Gasteiger partial charge < -0.3 is 20.2 Å². The average molecular weight is 209 g/mol. The summed E-state index contributed by atoms with van der Waals surface area (Å²) in [5, 5.41) is 13.5. The van der Waals surface area contributed by atoms with Crippen LogP contribution >= 0.6 is 0 Å². The zero-order valence-corrected chi connectivity index (χ0v) is 8.05. The minimum atomic E-state index is -0.530. The second kappa shape index (κ2) is 4.22. The third kappa shape index (κ3) is 2.41. The van der Waals surface area contributed by atoms with Gasteiger partial charge in [0.1, 0.15) is 6.61 Å². The first-order valence-electron chi connectivity index (χ1n) is 4.72. The maximum atomic E-state index is 10.3. The van der Waals surface area contributed by atoms with Gasteiger partial charge >= 0.3 is 5.82 Å². The third-order valence-electron chi connectivity index (χ3n) is 2.28. The van der Waals surface area contributed by atoms with E-state index in [0.717, 1.165) is 13.0 Å². The summed E-state index contributed by atoms with van der Waals surface area (Å²) in [6.07, 6.45) is 2.48. The number of nitrogens with one attached hydrogen (secondary N) is 1. The zero-order valence-electron chi connectivity index (χ0n) is 8.05. The van der Waals surface area contributed by atoms with Crippen molar-refractivity contribution < 1.29 is 9.66 Å². The van der Waals surface area contributed by atoms with Crippen LogP contribution in [0.15, 0.2) is 18.3 Å². The highest BCUT2D eigenvalue weighted by Gasteiger charge is 2.17. The molecule has 6 nitrogen and oxygen atoms in total. The first kappa shape index (κ1) is 9.85. The number of pyridine rings is 1. The molecule has 2 rings (SSSR count). The first-order valence-corrected chi connectivity index (χ1v) is 4.72. The predicted molar refractivity (Wildman–Crippen MR) is 52.8 cm³/mol. The van der Waals surface area contributed by atoms with Crippen molar-refractivity contribution in [2.75, 3.05) is 13.2 Å². The van der Waals surface area contributed by atoms with E-state index in [1.54, 1.807) is 6.07 Å². The van der Waals surface area contributed by atoms with Crippen LogP contribution in [0.25, 0.3) is 0 Å². The molecule has 1 fully saturated rings. The average Bonchev–Trinajstić information content (AvgIpc) is 2.16. The van der Waals surface area contributed by atoms with Crippen molar-refractivity contribution in [3.8, 4) is 5.75 Å². The van der Waals surface area contributed by atoms with E-state index in [1.165, 1.54) is 12.3 Å². The quantitative estimate of drug-likeness (QED) is 0.584. The van der Waals surface area contributed by atoms with Crippen molar-refractivity contribution in [1.29, 1.82) is 0 Å². The predicted octanol–water partition coefficient (Wildman–Crippen LogP) is 0.730. The SMILES string of the molecule is O=[N+]([O-])c1ccc(OC[C@@H]2CCN2)cn1. The number of rotatable bonds is 4. The standard InChI is InChI=1S/C9H11N3O3/c13-12(14)9-2-1-8(5-11-9)15-6-7-3-4-10-7/h1-2,5,7,10H,3-4,6H2/t7-/m0/s1. The van der Waals surface area contributed by atoms with Gasteiger partial charge in [-0.2, -0.15) is 0 Å². The van der Waals surface area contributed by atoms with Crippen LogP contribution in [-0.4, -0.2) is 29.1 Å². The molecule has 1 N–H and O–H groups in total. The van der Waals surface area contributed by atoms with Crippen molar-refractivity contribution in [2.24, 2.45) is 0 Å². The highest BCUT2D eigenvalue weighted by Crippen LogP contribution is 2.14. The molecule has 0 saturated carbocycles. The monoisotopic (exact) mass is 209 g/mol. The summed E-state index contributed by atoms with van der Waals surface area (Å²) in [7, 11) is 0. The molecular formula is C9H11N3O3. The Balaban J connectivity index is 1.88. The van der Waals surface area contributed by atoms with E-state index in [-0.39, 0.29) is 5.82 Å². The Morgan fingerprint density at radius 2 is 2.47 bits per heavy atom. The summed E-state index contributed by atoms with van der Waals surface area (Å²) in [4.78, 5) is 13.5. The maximum Gasteiger partial charge on any atom is 0.363 e. The van der Waals surface area contributed by atoms with Crippen molar-refractivity contribution in [3.05, 3.63) is 28.4 Å². The molecular weight excluding hydrogens is 198 g/mol. The normalized spacial score (nSPS) is 19.3. The summed E-state index contributed by atoms with van der Waals surface area (Å²) in [6.45, 7) is 1.62. The summed E-state index contributed by atoms with van der Waals surface area (Å²) >= 11 is 0. The Morgan fingerprint density at radius 3 is 2.93 bits per heavy atom. The van der Waals surface area contributed by atoms with Crippen LogP contribution in [0.3, 0.4) is 0 Å². The van der Waals surface area contributed by atoms with Gasteiger partial charge in [0, 0.05) is 12.1 Å². The highest BCUT2D eigenvalue weighted by atomic mass is 16.6. The van der Waals surface area contributed by atoms with Gasteiger partial charge in [-0.05, 0) is 28.9 Å². The van der Waals surface area contributed by atoms with Crippen LogP contribution < -0.4 is 10.1 Å². The molecule has 1 atom stereocenters. The molecule has 1 aliphatic rings. The third-order valence-corrected chi connectivity index (χ3v) is 2.28. The van der Waals surface area contributed by atoms with Crippen LogP contribution in [0.2, 0.25) is 0 Å². The van der Waals surface area contributed by atoms with Crippen molar-refractivity contribution in [1.82, 2.24) is 10.3 Å². The van der Waals surface area contributed by atoms with Gasteiger partial charge in [-0.15, -0.1) is 0 Å². The minimum absolute atomic E-state index is 0.163. The molecule has 0 aliphatic carbocycles. The molecule has 1 aromatic heterocycles. The van der Waals surface area contributed by atoms with Crippen molar-refractivity contribution in [3.63, 3.8) is 0 Å². The topological polar surface area (TPSA) is 77.3 Å². The Bertz CT molecular complexity index is 348. The smallest absolute Gasteiger partial charge is 0.363 e. The summed E-state index contributed by atoms with van der Waals surface area (Å²) in [5.74, 6) is 0.401. The second-order valence-corrected chi connectivity index (χ2v) is 3.36. The van der Waals surface area contributed by atoms with E-state index in [2.05, 4.69) is 10.3 Å². The Morgan fingerprint density at radius 1 is 1.67 bits per heavy atom. The molecule has 6 heteroatoms. The second-order valence-electron chi connectivity index (χ2n) is 3.36. The number of nitro groups is 1. The van der Waals surface area contributed by atoms with E-state index < -0.39 is 4.92 Å². The van der Waals surface area contributed by atoms with Crippen LogP contribution in [0, 0.1) is 10.1 Å². The molecule has 0 aromatic carbocycles. The van der Waals surface area contributed by atoms with Gasteiger partial charge in [0.15, 0.2) is 11.9 Å². The molecule has 1 aromatic rings. The molecule has 0 spiro atoms. The molecule has 80 valence electrons. The Kier molecular flexibility index (Phi) is 2.77. The van der Waals surface area contributed by atoms with Crippen LogP contribution in [0.5, 0.6) is 5.75 Å². The lowest BCUT2D eigenvalue weighted by Gasteiger charge is -2.26. The number of hydrogen-bond acceptors (Lipinski definition) is 5. The van der Waals surface area contributed by atoms with Crippen molar-refractivity contribution >= 4 is 5.82 Å². The van der Waals surface area contributed by atoms with Gasteiger partial charge in [-0.25, -0.2) is 0 Å². The summed E-state index contributed by atoms with van der Waals surface area (Å²) < 4.78 is 5.40. The molecule has 2 heterocycles. The van der Waals surface area contributed by atoms with Crippen LogP contribution in [-0.2, 0) is 0 Å². The minimum Gasteiger partial charge on any atom is -0.488 e. The van der Waals surface area contributed by atoms with E-state index in [4.69, 9.17) is 4.74 Å². The molecule has 1 saturated heterocycles. The van der Waals surface area contributed by atoms with E-state index in [1.807, 2.05) is 0 Å². The van der Waals surface area contributed by atoms with Gasteiger partial charge in [0.25, 0.3) is 0 Å². The van der Waals surface area contributed by atoms with Gasteiger partial charge in [0.05, 0.1) is 0 Å². The number of aromatic nitrogens is 1. The van der Waals surface area contributed by atoms with Crippen LogP contribution in [0.1, 0.15) is 6.42 Å². The van der Waals surface area contributed by atoms with Gasteiger partial charge in [-0.3, -0.25) is 0 Å². The fourth-order valence-electron chi connectivity index (χ4n) is 1.25. The van der Waals surface area contributed by atoms with Crippen LogP contribution in [0.4, 0.5) is 5.82 Å². The Hall–Kier alpha value is -1.69. The van der Waals surface area contributed by atoms with Crippen molar-refractivity contribution in [2.45, 2.75) is 12.5 Å². The largest absolute Gasteiger partial charge is 0.488 e. The number of ether oxygens (including phenoxy) is 1. The van der Waals surface area contributed by atoms with Gasteiger partial charge in [-0.1, -0.05) is 0 Å². The molecule has 0 amide bonds. The molecule has 0 unspecified atom stereocenters. The highest BCUT2D eigenvalue weighted by molar-refractivity contribution is 5.26. The fraction of sp³-hybridized carbons (Fsp3) is 0.444. The lowest BCUT2D eigenvalue weighted by atomic mass is 10.1. The molecule has 15 heavy (non-hydrogen) atoms. The fourth-order valence-corrected chi connectivity index (χ4v) is 1.25. The van der Waals surface area contributed by atoms with Gasteiger partial charge in [0.2, 0.25) is 0 Å². The first-order chi connectivity index (χ1) is 7.25. The van der Waals surface area contributed by atoms with E-state index in [9.17, 15) is 10.1 Å². The molecule has 1 aliphatic heterocycles. The van der Waals surface area contributed by atoms with E-state index >= 15 is 0 Å².